The maximum absolute atomic E-state index is 12.3. The maximum Gasteiger partial charge on any atom is 0.309 e. The second-order valence-corrected chi connectivity index (χ2v) is 7.34. The zero-order valence-electron chi connectivity index (χ0n) is 17.5. The molecule has 0 spiro atoms. The van der Waals surface area contributed by atoms with E-state index in [1.54, 1.807) is 25.4 Å². The van der Waals surface area contributed by atoms with Crippen LogP contribution < -0.4 is 15.4 Å². The van der Waals surface area contributed by atoms with Crippen molar-refractivity contribution in [1.82, 2.24) is 25.4 Å². The van der Waals surface area contributed by atoms with Crippen LogP contribution in [0.1, 0.15) is 17.3 Å². The Balaban J connectivity index is 1.60. The van der Waals surface area contributed by atoms with Crippen molar-refractivity contribution in [2.24, 2.45) is 0 Å². The number of carbonyl (C=O) groups excluding carboxylic acids is 2. The average molecular weight is 412 g/mol. The van der Waals surface area contributed by atoms with Crippen molar-refractivity contribution in [3.63, 3.8) is 0 Å². The van der Waals surface area contributed by atoms with Crippen LogP contribution in [-0.2, 0) is 16.1 Å². The number of nitrogens with zero attached hydrogens (tertiary/aromatic N) is 3. The molecule has 1 unspecified atom stereocenters. The Morgan fingerprint density at radius 1 is 1.03 bits per heavy atom. The lowest BCUT2D eigenvalue weighted by Gasteiger charge is -2.38. The standard InChI is InChI=1S/C22H29N5O3/c1-26-11-13-27(14-12-26)20(17-6-8-19(30-2)9-7-17)16-25-22(29)21(28)24-15-18-5-3-4-10-23-18/h3-10,20H,11-16H2,1-2H3,(H,24,28)(H,25,29). The SMILES string of the molecule is COc1ccc(C(CNC(=O)C(=O)NCc2ccccn2)N2CCN(C)CC2)cc1. The van der Waals surface area contributed by atoms with Crippen molar-refractivity contribution in [1.29, 1.82) is 0 Å². The number of piperazine rings is 1. The zero-order chi connectivity index (χ0) is 21.3. The van der Waals surface area contributed by atoms with Gasteiger partial charge in [0.15, 0.2) is 0 Å². The molecule has 1 aliphatic rings. The summed E-state index contributed by atoms with van der Waals surface area (Å²) in [6.07, 6.45) is 1.65. The number of nitrogens with one attached hydrogen (secondary N) is 2. The molecule has 3 rings (SSSR count). The lowest BCUT2D eigenvalue weighted by Crippen LogP contribution is -2.49. The quantitative estimate of drug-likeness (QED) is 0.656. The average Bonchev–Trinajstić information content (AvgIpc) is 2.79. The summed E-state index contributed by atoms with van der Waals surface area (Å²) in [5.41, 5.74) is 1.78. The minimum absolute atomic E-state index is 0.0165. The van der Waals surface area contributed by atoms with Gasteiger partial charge in [0.05, 0.1) is 25.4 Å². The van der Waals surface area contributed by atoms with Crippen LogP contribution in [0.2, 0.25) is 0 Å². The predicted molar refractivity (Wildman–Crippen MR) is 114 cm³/mol. The predicted octanol–water partition coefficient (Wildman–Crippen LogP) is 0.811. The molecule has 0 aliphatic carbocycles. The normalized spacial score (nSPS) is 15.9. The Morgan fingerprint density at radius 3 is 2.37 bits per heavy atom. The van der Waals surface area contributed by atoms with Crippen LogP contribution in [0.5, 0.6) is 5.75 Å². The highest BCUT2D eigenvalue weighted by atomic mass is 16.5. The van der Waals surface area contributed by atoms with Gasteiger partial charge in [0.25, 0.3) is 0 Å². The third kappa shape index (κ3) is 6.01. The van der Waals surface area contributed by atoms with Gasteiger partial charge in [0, 0.05) is 38.9 Å². The Bertz CT molecular complexity index is 820. The smallest absolute Gasteiger partial charge is 0.309 e. The molecule has 2 heterocycles. The molecule has 2 N–H and O–H groups in total. The fourth-order valence-electron chi connectivity index (χ4n) is 3.44. The first-order chi connectivity index (χ1) is 14.6. The zero-order valence-corrected chi connectivity index (χ0v) is 17.5. The molecule has 160 valence electrons. The molecule has 8 nitrogen and oxygen atoms in total. The van der Waals surface area contributed by atoms with Crippen LogP contribution >= 0.6 is 0 Å². The molecular weight excluding hydrogens is 382 g/mol. The largest absolute Gasteiger partial charge is 0.497 e. The number of carbonyl (C=O) groups is 2. The van der Waals surface area contributed by atoms with Crippen molar-refractivity contribution in [3.05, 3.63) is 59.9 Å². The molecule has 0 bridgehead atoms. The van der Waals surface area contributed by atoms with Crippen LogP contribution in [0.25, 0.3) is 0 Å². The van der Waals surface area contributed by atoms with Gasteiger partial charge in [-0.2, -0.15) is 0 Å². The highest BCUT2D eigenvalue weighted by Gasteiger charge is 2.25. The van der Waals surface area contributed by atoms with E-state index in [0.717, 1.165) is 37.5 Å². The number of hydrogen-bond donors (Lipinski definition) is 2. The van der Waals surface area contributed by atoms with E-state index in [1.165, 1.54) is 0 Å². The second-order valence-electron chi connectivity index (χ2n) is 7.34. The van der Waals surface area contributed by atoms with Gasteiger partial charge in [-0.15, -0.1) is 0 Å². The van der Waals surface area contributed by atoms with Crippen molar-refractivity contribution in [2.45, 2.75) is 12.6 Å². The van der Waals surface area contributed by atoms with E-state index in [2.05, 4.69) is 32.5 Å². The van der Waals surface area contributed by atoms with Gasteiger partial charge >= 0.3 is 11.8 Å². The third-order valence-electron chi connectivity index (χ3n) is 5.30. The molecule has 8 heteroatoms. The molecule has 1 fully saturated rings. The fourth-order valence-corrected chi connectivity index (χ4v) is 3.44. The summed E-state index contributed by atoms with van der Waals surface area (Å²) in [7, 11) is 3.74. The first-order valence-corrected chi connectivity index (χ1v) is 10.1. The fraction of sp³-hybridized carbons (Fsp3) is 0.409. The van der Waals surface area contributed by atoms with Crippen LogP contribution in [0.15, 0.2) is 48.7 Å². The van der Waals surface area contributed by atoms with Crippen molar-refractivity contribution in [3.8, 4) is 5.75 Å². The molecule has 1 atom stereocenters. The van der Waals surface area contributed by atoms with E-state index in [-0.39, 0.29) is 12.6 Å². The molecule has 1 saturated heterocycles. The number of aromatic nitrogens is 1. The number of likely N-dealkylation sites (N-methyl/N-ethyl adjacent to an activating group) is 1. The number of pyridine rings is 1. The van der Waals surface area contributed by atoms with Gasteiger partial charge < -0.3 is 20.3 Å². The molecule has 0 radical (unpaired) electrons. The number of ether oxygens (including phenoxy) is 1. The molecule has 1 aliphatic heterocycles. The van der Waals surface area contributed by atoms with E-state index < -0.39 is 11.8 Å². The monoisotopic (exact) mass is 411 g/mol. The van der Waals surface area contributed by atoms with E-state index in [0.29, 0.717) is 12.2 Å². The van der Waals surface area contributed by atoms with Crippen molar-refractivity contribution in [2.75, 3.05) is 46.9 Å². The number of benzene rings is 1. The van der Waals surface area contributed by atoms with Gasteiger partial charge in [-0.3, -0.25) is 19.5 Å². The van der Waals surface area contributed by atoms with Crippen molar-refractivity contribution >= 4 is 11.8 Å². The van der Waals surface area contributed by atoms with Gasteiger partial charge in [-0.25, -0.2) is 0 Å². The minimum Gasteiger partial charge on any atom is -0.497 e. The first-order valence-electron chi connectivity index (χ1n) is 10.1. The van der Waals surface area contributed by atoms with Gasteiger partial charge in [0.2, 0.25) is 0 Å². The topological polar surface area (TPSA) is 86.8 Å². The number of hydrogen-bond acceptors (Lipinski definition) is 6. The van der Waals surface area contributed by atoms with Crippen LogP contribution in [0, 0.1) is 0 Å². The van der Waals surface area contributed by atoms with Crippen LogP contribution in [0.3, 0.4) is 0 Å². The van der Waals surface area contributed by atoms with Gasteiger partial charge in [-0.1, -0.05) is 18.2 Å². The van der Waals surface area contributed by atoms with Gasteiger partial charge in [0.1, 0.15) is 5.75 Å². The maximum atomic E-state index is 12.3. The molecule has 2 aromatic rings. The summed E-state index contributed by atoms with van der Waals surface area (Å²) in [6, 6.07) is 13.3. The summed E-state index contributed by atoms with van der Waals surface area (Å²) < 4.78 is 5.25. The minimum atomic E-state index is -0.660. The summed E-state index contributed by atoms with van der Waals surface area (Å²) in [5, 5.41) is 5.41. The number of amides is 2. The van der Waals surface area contributed by atoms with E-state index >= 15 is 0 Å². The summed E-state index contributed by atoms with van der Waals surface area (Å²) in [4.78, 5) is 33.3. The molecule has 1 aromatic carbocycles. The Hall–Kier alpha value is -2.97. The summed E-state index contributed by atoms with van der Waals surface area (Å²) in [6.45, 7) is 4.29. The van der Waals surface area contributed by atoms with Gasteiger partial charge in [-0.05, 0) is 36.9 Å². The highest BCUT2D eigenvalue weighted by molar-refractivity contribution is 6.35. The lowest BCUT2D eigenvalue weighted by atomic mass is 10.0. The lowest BCUT2D eigenvalue weighted by molar-refractivity contribution is -0.139. The van der Waals surface area contributed by atoms with Crippen LogP contribution in [0.4, 0.5) is 0 Å². The molecule has 1 aromatic heterocycles. The highest BCUT2D eigenvalue weighted by Crippen LogP contribution is 2.23. The molecule has 30 heavy (non-hydrogen) atoms. The Kier molecular flexibility index (Phi) is 7.75. The molecule has 0 saturated carbocycles. The Labute approximate surface area is 177 Å². The third-order valence-corrected chi connectivity index (χ3v) is 5.30. The van der Waals surface area contributed by atoms with E-state index in [4.69, 9.17) is 4.74 Å². The summed E-state index contributed by atoms with van der Waals surface area (Å²) >= 11 is 0. The van der Waals surface area contributed by atoms with Crippen molar-refractivity contribution < 1.29 is 14.3 Å². The number of rotatable bonds is 7. The Morgan fingerprint density at radius 2 is 1.73 bits per heavy atom. The molecular formula is C22H29N5O3. The summed E-state index contributed by atoms with van der Waals surface area (Å²) in [5.74, 6) is -0.514. The second kappa shape index (κ2) is 10.7. The van der Waals surface area contributed by atoms with Crippen LogP contribution in [-0.4, -0.2) is 73.5 Å². The molecule has 2 amide bonds. The number of methoxy groups -OCH3 is 1. The first kappa shape index (κ1) is 21.7. The van der Waals surface area contributed by atoms with E-state index in [9.17, 15) is 9.59 Å². The van der Waals surface area contributed by atoms with E-state index in [1.807, 2.05) is 30.3 Å².